The molecule has 0 aromatic carbocycles. The van der Waals surface area contributed by atoms with Gasteiger partial charge in [0.2, 0.25) is 5.62 Å². The molecule has 3 heterocycles. The number of carbonyl (C=O) groups is 1. The molecule has 8 nitrogen and oxygen atoms in total. The fourth-order valence-corrected chi connectivity index (χ4v) is 6.47. The normalized spacial score (nSPS) is 25.2. The number of rotatable bonds is 10. The molecule has 214 valence electrons. The number of aliphatic hydroxyl groups excluding tert-OH is 1. The Kier molecular flexibility index (Phi) is 9.23. The van der Waals surface area contributed by atoms with Gasteiger partial charge in [0.05, 0.1) is 11.6 Å². The zero-order chi connectivity index (χ0) is 28.2. The summed E-state index contributed by atoms with van der Waals surface area (Å²) in [6.45, 7) is 10.2. The van der Waals surface area contributed by atoms with Crippen molar-refractivity contribution < 1.29 is 14.6 Å². The molecule has 1 fully saturated rings. The summed E-state index contributed by atoms with van der Waals surface area (Å²) < 4.78 is 8.20. The van der Waals surface area contributed by atoms with Gasteiger partial charge in [0, 0.05) is 43.0 Å². The molecule has 1 aromatic heterocycles. The molecule has 3 N–H and O–H groups in total. The van der Waals surface area contributed by atoms with Crippen molar-refractivity contribution in [1.82, 2.24) is 15.0 Å². The Labute approximate surface area is 233 Å². The Bertz CT molecular complexity index is 1220. The molecule has 2 aliphatic heterocycles. The van der Waals surface area contributed by atoms with Gasteiger partial charge in [-0.3, -0.25) is 0 Å². The van der Waals surface area contributed by atoms with Crippen LogP contribution in [0.1, 0.15) is 96.4 Å². The number of aromatic nitrogens is 2. The summed E-state index contributed by atoms with van der Waals surface area (Å²) in [6, 6.07) is 2.07. The van der Waals surface area contributed by atoms with Crippen LogP contribution in [0, 0.1) is 19.8 Å². The summed E-state index contributed by atoms with van der Waals surface area (Å²) >= 11 is 0. The van der Waals surface area contributed by atoms with Crippen LogP contribution in [0.25, 0.3) is 0 Å². The van der Waals surface area contributed by atoms with Gasteiger partial charge in [-0.1, -0.05) is 32.8 Å². The molecule has 3 aliphatic rings. The minimum atomic E-state index is -0.653. The quantitative estimate of drug-likeness (QED) is 0.345. The van der Waals surface area contributed by atoms with Crippen LogP contribution < -0.4 is 16.4 Å². The molecule has 0 radical (unpaired) electrons. The Morgan fingerprint density at radius 2 is 2.05 bits per heavy atom. The molecule has 0 spiro atoms. The van der Waals surface area contributed by atoms with E-state index in [2.05, 4.69) is 41.7 Å². The molecule has 4 rings (SSSR count). The monoisotopic (exact) mass is 537 g/mol. The number of hydrogen-bond acceptors (Lipinski definition) is 7. The first-order valence-corrected chi connectivity index (χ1v) is 14.8. The van der Waals surface area contributed by atoms with E-state index in [1.54, 1.807) is 0 Å². The lowest BCUT2D eigenvalue weighted by atomic mass is 9.76. The highest BCUT2D eigenvalue weighted by atomic mass is 16.6. The lowest BCUT2D eigenvalue weighted by Gasteiger charge is -2.42. The fraction of sp³-hybridized carbons (Fsp3) is 0.645. The molecule has 39 heavy (non-hydrogen) atoms. The highest BCUT2D eigenvalue weighted by Crippen LogP contribution is 2.46. The summed E-state index contributed by atoms with van der Waals surface area (Å²) in [5, 5.41) is 14.9. The zero-order valence-electron chi connectivity index (χ0n) is 24.6. The standard InChI is InChI=1S/C31H47N5O3/c1-7-25-17-23(18-26(8-2)35-25)13-14-31(24-11-9-10-12-24)19-28(37)27(29(38)39-31)16-21(4)34-30-33-20(3)15-22(5)36(30)32-6/h15,17-18,21,24-25,32,35,37H,7-14,16,19H2,1-6H3/t21?,25?,31-/m1/s1. The van der Waals surface area contributed by atoms with Gasteiger partial charge in [-0.2, -0.15) is 0 Å². The second-order valence-corrected chi connectivity index (χ2v) is 11.5. The largest absolute Gasteiger partial charge is 0.512 e. The Hall–Kier alpha value is -3.03. The van der Waals surface area contributed by atoms with Crippen LogP contribution in [0.3, 0.4) is 0 Å². The van der Waals surface area contributed by atoms with Gasteiger partial charge in [0.25, 0.3) is 0 Å². The second-order valence-electron chi connectivity index (χ2n) is 11.5. The number of nitrogens with one attached hydrogen (secondary N) is 2. The maximum Gasteiger partial charge on any atom is 0.338 e. The van der Waals surface area contributed by atoms with Crippen LogP contribution in [0.5, 0.6) is 0 Å². The van der Waals surface area contributed by atoms with Crippen LogP contribution in [-0.2, 0) is 9.53 Å². The van der Waals surface area contributed by atoms with Crippen molar-refractivity contribution in [2.75, 3.05) is 12.5 Å². The topological polar surface area (TPSA) is 101 Å². The molecule has 8 heteroatoms. The Morgan fingerprint density at radius 1 is 1.31 bits per heavy atom. The number of cyclic esters (lactones) is 1. The predicted molar refractivity (Wildman–Crippen MR) is 155 cm³/mol. The first-order valence-electron chi connectivity index (χ1n) is 14.8. The van der Waals surface area contributed by atoms with Crippen molar-refractivity contribution in [3.05, 3.63) is 57.8 Å². The number of hydrogen-bond donors (Lipinski definition) is 3. The first-order chi connectivity index (χ1) is 18.7. The summed E-state index contributed by atoms with van der Waals surface area (Å²) in [5.41, 5.74) is 7.78. The van der Waals surface area contributed by atoms with E-state index in [0.29, 0.717) is 30.1 Å². The summed E-state index contributed by atoms with van der Waals surface area (Å²) in [7, 11) is 1.82. The van der Waals surface area contributed by atoms with Gasteiger partial charge < -0.3 is 20.6 Å². The van der Waals surface area contributed by atoms with E-state index >= 15 is 0 Å². The molecular weight excluding hydrogens is 490 g/mol. The van der Waals surface area contributed by atoms with Crippen molar-refractivity contribution in [2.45, 2.75) is 117 Å². The van der Waals surface area contributed by atoms with Crippen LogP contribution in [0.15, 0.2) is 45.8 Å². The van der Waals surface area contributed by atoms with E-state index in [1.807, 2.05) is 38.6 Å². The van der Waals surface area contributed by atoms with Crippen molar-refractivity contribution >= 4 is 5.97 Å². The van der Waals surface area contributed by atoms with Gasteiger partial charge in [0.15, 0.2) is 0 Å². The minimum Gasteiger partial charge on any atom is -0.512 e. The van der Waals surface area contributed by atoms with E-state index in [4.69, 9.17) is 9.73 Å². The van der Waals surface area contributed by atoms with Crippen LogP contribution in [0.4, 0.5) is 0 Å². The average molecular weight is 538 g/mol. The highest BCUT2D eigenvalue weighted by Gasteiger charge is 2.48. The molecule has 3 atom stereocenters. The molecule has 1 aliphatic carbocycles. The molecule has 0 bridgehead atoms. The lowest BCUT2D eigenvalue weighted by Crippen LogP contribution is -2.46. The minimum absolute atomic E-state index is 0.172. The number of aryl methyl sites for hydroxylation is 2. The molecule has 0 amide bonds. The van der Waals surface area contributed by atoms with Gasteiger partial charge in [-0.05, 0) is 82.9 Å². The fourth-order valence-electron chi connectivity index (χ4n) is 6.47. The summed E-state index contributed by atoms with van der Waals surface area (Å²) in [5.74, 6) is 0.0592. The summed E-state index contributed by atoms with van der Waals surface area (Å²) in [6.07, 6.45) is 13.2. The third-order valence-electron chi connectivity index (χ3n) is 8.57. The van der Waals surface area contributed by atoms with Gasteiger partial charge in [-0.25, -0.2) is 19.4 Å². The Balaban J connectivity index is 1.56. The van der Waals surface area contributed by atoms with Crippen LogP contribution >= 0.6 is 0 Å². The number of dihydropyridines is 1. The smallest absolute Gasteiger partial charge is 0.338 e. The number of ether oxygens (including phenoxy) is 1. The highest BCUT2D eigenvalue weighted by molar-refractivity contribution is 5.90. The SMILES string of the molecule is CCC1=CC(CC[C@]2(C3CCCC3)CC(O)=C(CC(C)N=c3nc(C)cc(C)n3NC)C(=O)O2)=CC(CC)N1. The van der Waals surface area contributed by atoms with Gasteiger partial charge in [-0.15, -0.1) is 0 Å². The maximum atomic E-state index is 13.5. The number of allylic oxidation sites excluding steroid dienone is 3. The molecule has 1 aromatic rings. The molecule has 0 saturated heterocycles. The number of carbonyl (C=O) groups excluding carboxylic acids is 1. The predicted octanol–water partition coefficient (Wildman–Crippen LogP) is 5.42. The first kappa shape index (κ1) is 29.0. The maximum absolute atomic E-state index is 13.5. The van der Waals surface area contributed by atoms with E-state index in [9.17, 15) is 9.90 Å². The van der Waals surface area contributed by atoms with E-state index in [-0.39, 0.29) is 17.7 Å². The van der Waals surface area contributed by atoms with Crippen molar-refractivity contribution in [3.63, 3.8) is 0 Å². The van der Waals surface area contributed by atoms with E-state index < -0.39 is 11.6 Å². The van der Waals surface area contributed by atoms with E-state index in [1.165, 1.54) is 11.3 Å². The van der Waals surface area contributed by atoms with E-state index in [0.717, 1.165) is 62.8 Å². The molecule has 1 saturated carbocycles. The third-order valence-corrected chi connectivity index (χ3v) is 8.57. The van der Waals surface area contributed by atoms with Gasteiger partial charge in [0.1, 0.15) is 11.4 Å². The van der Waals surface area contributed by atoms with Crippen molar-refractivity contribution in [3.8, 4) is 0 Å². The lowest BCUT2D eigenvalue weighted by molar-refractivity contribution is -0.167. The zero-order valence-corrected chi connectivity index (χ0v) is 24.6. The third kappa shape index (κ3) is 6.59. The number of aliphatic hydroxyl groups is 1. The summed E-state index contributed by atoms with van der Waals surface area (Å²) in [4.78, 5) is 22.8. The van der Waals surface area contributed by atoms with Crippen molar-refractivity contribution in [2.24, 2.45) is 10.9 Å². The van der Waals surface area contributed by atoms with Crippen LogP contribution in [0.2, 0.25) is 0 Å². The van der Waals surface area contributed by atoms with Gasteiger partial charge >= 0.3 is 5.97 Å². The number of esters is 1. The number of nitrogens with zero attached hydrogens (tertiary/aromatic N) is 3. The second kappa shape index (κ2) is 12.4. The average Bonchev–Trinajstić information content (AvgIpc) is 3.45. The van der Waals surface area contributed by atoms with Crippen LogP contribution in [-0.4, -0.2) is 45.5 Å². The Morgan fingerprint density at radius 3 is 2.69 bits per heavy atom. The molecule has 2 unspecified atom stereocenters. The molecular formula is C31H47N5O3. The van der Waals surface area contributed by atoms with Crippen molar-refractivity contribution in [1.29, 1.82) is 0 Å².